The van der Waals surface area contributed by atoms with E-state index in [1.807, 2.05) is 42.2 Å². The average molecular weight is 812 g/mol. The van der Waals surface area contributed by atoms with Gasteiger partial charge in [-0.15, -0.1) is 0 Å². The SMILES string of the molecule is CCC(=O)N[C@@H](CN(CC)C(=O)CCCCC(=O)N1CCC2CCC(c3nc4cccc(-c5ccccc5)c4[nH]3)N2C(=O)C(NC(=O)C(C)NC)C1)C(=O)N1CCCC1. The monoisotopic (exact) mass is 811 g/mol. The largest absolute Gasteiger partial charge is 0.343 e. The number of unbranched alkanes of at least 4 members (excludes halogenated alkanes) is 1. The fourth-order valence-corrected chi connectivity index (χ4v) is 8.61. The van der Waals surface area contributed by atoms with Crippen LogP contribution in [0.4, 0.5) is 0 Å². The van der Waals surface area contributed by atoms with E-state index in [1.165, 1.54) is 0 Å². The number of nitrogens with one attached hydrogen (secondary N) is 4. The Balaban J connectivity index is 1.10. The molecule has 1 aromatic heterocycles. The standard InChI is InChI=1S/C44H61N9O6/c1-5-37(54)46-34(43(58)51-24-12-13-25-51)27-50(6-2)38(55)19-10-11-20-39(56)52-26-23-31-21-22-36(53(31)44(59)35(28-52)48-42(57)29(3)45-4)41-47-33-18-14-17-32(40(33)49-41)30-15-8-7-9-16-30/h7-9,14-18,29,31,34-36,45H,5-6,10-13,19-28H2,1-4H3,(H,46,54)(H,47,49)(H,48,57)/t29?,31?,34-,35?,36?/m0/s1. The van der Waals surface area contributed by atoms with Crippen molar-refractivity contribution in [3.8, 4) is 11.1 Å². The number of aromatic nitrogens is 2. The number of fused-ring (bicyclic) bond motifs is 2. The van der Waals surface area contributed by atoms with Crippen molar-refractivity contribution in [1.29, 1.82) is 0 Å². The number of para-hydroxylation sites is 1. The molecule has 4 unspecified atom stereocenters. The average Bonchev–Trinajstić information content (AvgIpc) is 4.04. The van der Waals surface area contributed by atoms with Gasteiger partial charge in [0.25, 0.3) is 0 Å². The summed E-state index contributed by atoms with van der Waals surface area (Å²) in [4.78, 5) is 96.1. The number of hydrogen-bond acceptors (Lipinski definition) is 8. The van der Waals surface area contributed by atoms with Crippen LogP contribution in [0.1, 0.15) is 96.8 Å². The highest BCUT2D eigenvalue weighted by molar-refractivity contribution is 5.93. The maximum absolute atomic E-state index is 14.6. The van der Waals surface area contributed by atoms with Crippen LogP contribution in [0.2, 0.25) is 0 Å². The number of imidazole rings is 1. The van der Waals surface area contributed by atoms with Gasteiger partial charge >= 0.3 is 0 Å². The molecule has 0 saturated carbocycles. The number of aromatic amines is 1. The first-order valence-corrected chi connectivity index (χ1v) is 21.5. The quantitative estimate of drug-likeness (QED) is 0.159. The van der Waals surface area contributed by atoms with Crippen molar-refractivity contribution in [1.82, 2.24) is 45.5 Å². The Hall–Kier alpha value is -5.31. The molecule has 3 aromatic rings. The summed E-state index contributed by atoms with van der Waals surface area (Å²) in [5, 5.41) is 8.71. The van der Waals surface area contributed by atoms with E-state index in [0.717, 1.165) is 41.4 Å². The molecule has 59 heavy (non-hydrogen) atoms. The van der Waals surface area contributed by atoms with E-state index in [1.54, 1.807) is 35.6 Å². The molecule has 6 rings (SSSR count). The molecular weight excluding hydrogens is 751 g/mol. The molecule has 4 heterocycles. The van der Waals surface area contributed by atoms with E-state index in [9.17, 15) is 28.8 Å². The zero-order valence-electron chi connectivity index (χ0n) is 35.0. The Morgan fingerprint density at radius 2 is 1.66 bits per heavy atom. The highest BCUT2D eigenvalue weighted by Gasteiger charge is 2.44. The van der Waals surface area contributed by atoms with Crippen LogP contribution < -0.4 is 16.0 Å². The number of likely N-dealkylation sites (N-methyl/N-ethyl adjacent to an activating group) is 2. The van der Waals surface area contributed by atoms with Crippen LogP contribution >= 0.6 is 0 Å². The first kappa shape index (κ1) is 43.3. The van der Waals surface area contributed by atoms with E-state index in [2.05, 4.69) is 39.1 Å². The van der Waals surface area contributed by atoms with E-state index >= 15 is 0 Å². The smallest absolute Gasteiger partial charge is 0.247 e. The van der Waals surface area contributed by atoms with E-state index in [-0.39, 0.29) is 79.9 Å². The molecule has 0 aliphatic carbocycles. The van der Waals surface area contributed by atoms with Crippen molar-refractivity contribution in [2.24, 2.45) is 0 Å². The lowest BCUT2D eigenvalue weighted by molar-refractivity contribution is -0.144. The number of benzene rings is 2. The summed E-state index contributed by atoms with van der Waals surface area (Å²) in [6, 6.07) is 13.3. The lowest BCUT2D eigenvalue weighted by Gasteiger charge is -2.39. The zero-order chi connectivity index (χ0) is 42.1. The molecule has 15 heteroatoms. The van der Waals surface area contributed by atoms with Gasteiger partial charge in [-0.05, 0) is 77.5 Å². The minimum absolute atomic E-state index is 0.0343. The second-order valence-corrected chi connectivity index (χ2v) is 16.0. The lowest BCUT2D eigenvalue weighted by Crippen LogP contribution is -2.60. The van der Waals surface area contributed by atoms with E-state index in [4.69, 9.17) is 4.98 Å². The third-order valence-corrected chi connectivity index (χ3v) is 12.2. The molecule has 0 radical (unpaired) electrons. The van der Waals surface area contributed by atoms with Crippen molar-refractivity contribution < 1.29 is 28.8 Å². The van der Waals surface area contributed by atoms with Crippen LogP contribution in [0.15, 0.2) is 48.5 Å². The molecule has 0 bridgehead atoms. The van der Waals surface area contributed by atoms with Crippen LogP contribution in [0.3, 0.4) is 0 Å². The molecule has 0 spiro atoms. The topological polar surface area (TPSA) is 180 Å². The first-order chi connectivity index (χ1) is 28.5. The highest BCUT2D eigenvalue weighted by atomic mass is 16.2. The minimum Gasteiger partial charge on any atom is -0.343 e. The van der Waals surface area contributed by atoms with Gasteiger partial charge in [0, 0.05) is 70.1 Å². The minimum atomic E-state index is -0.959. The first-order valence-electron chi connectivity index (χ1n) is 21.5. The fraction of sp³-hybridized carbons (Fsp3) is 0.568. The Bertz CT molecular complexity index is 1960. The van der Waals surface area contributed by atoms with Crippen LogP contribution in [0.5, 0.6) is 0 Å². The van der Waals surface area contributed by atoms with Crippen LogP contribution in [-0.4, -0.2) is 135 Å². The van der Waals surface area contributed by atoms with Gasteiger partial charge < -0.3 is 40.5 Å². The molecule has 3 aliphatic heterocycles. The molecular formula is C44H61N9O6. The summed E-state index contributed by atoms with van der Waals surface area (Å²) < 4.78 is 0. The lowest BCUT2D eigenvalue weighted by atomic mass is 10.0. The number of hydrogen-bond donors (Lipinski definition) is 4. The second-order valence-electron chi connectivity index (χ2n) is 16.0. The molecule has 318 valence electrons. The van der Waals surface area contributed by atoms with E-state index < -0.39 is 18.1 Å². The zero-order valence-corrected chi connectivity index (χ0v) is 35.0. The summed E-state index contributed by atoms with van der Waals surface area (Å²) in [5.74, 6) is -0.538. The number of likely N-dealkylation sites (tertiary alicyclic amines) is 1. The Morgan fingerprint density at radius 1 is 0.915 bits per heavy atom. The fourth-order valence-electron chi connectivity index (χ4n) is 8.61. The van der Waals surface area contributed by atoms with Gasteiger partial charge in [0.05, 0.1) is 23.1 Å². The molecule has 3 aliphatic rings. The van der Waals surface area contributed by atoms with E-state index in [0.29, 0.717) is 57.7 Å². The van der Waals surface area contributed by atoms with Crippen molar-refractivity contribution in [3.05, 3.63) is 54.4 Å². The summed E-state index contributed by atoms with van der Waals surface area (Å²) >= 11 is 0. The highest BCUT2D eigenvalue weighted by Crippen LogP contribution is 2.39. The number of carbonyl (C=O) groups is 6. The van der Waals surface area contributed by atoms with Crippen LogP contribution in [0, 0.1) is 0 Å². The Kier molecular flexibility index (Phi) is 14.7. The molecule has 6 amide bonds. The van der Waals surface area contributed by atoms with Gasteiger partial charge in [-0.25, -0.2) is 4.98 Å². The van der Waals surface area contributed by atoms with Gasteiger partial charge in [0.1, 0.15) is 17.9 Å². The molecule has 3 fully saturated rings. The van der Waals surface area contributed by atoms with Crippen molar-refractivity contribution in [2.45, 2.75) is 115 Å². The Morgan fingerprint density at radius 3 is 2.37 bits per heavy atom. The number of carbonyl (C=O) groups excluding carboxylic acids is 6. The van der Waals surface area contributed by atoms with Crippen molar-refractivity contribution in [3.63, 3.8) is 0 Å². The molecule has 15 nitrogen and oxygen atoms in total. The predicted octanol–water partition coefficient (Wildman–Crippen LogP) is 3.51. The second kappa shape index (κ2) is 20.1. The normalized spacial score (nSPS) is 20.4. The van der Waals surface area contributed by atoms with Gasteiger partial charge in [-0.1, -0.05) is 49.4 Å². The summed E-state index contributed by atoms with van der Waals surface area (Å²) in [7, 11) is 1.68. The number of amides is 6. The maximum atomic E-state index is 14.6. The number of H-pyrrole nitrogens is 1. The van der Waals surface area contributed by atoms with Crippen LogP contribution in [0.25, 0.3) is 22.2 Å². The number of rotatable bonds is 16. The molecule has 3 saturated heterocycles. The summed E-state index contributed by atoms with van der Waals surface area (Å²) in [6.07, 6.45) is 5.40. The molecule has 4 N–H and O–H groups in total. The third-order valence-electron chi connectivity index (χ3n) is 12.2. The summed E-state index contributed by atoms with van der Waals surface area (Å²) in [5.41, 5.74) is 3.81. The van der Waals surface area contributed by atoms with Gasteiger partial charge in [-0.3, -0.25) is 28.8 Å². The molecule has 5 atom stereocenters. The molecule has 2 aromatic carbocycles. The maximum Gasteiger partial charge on any atom is 0.247 e. The van der Waals surface area contributed by atoms with Crippen molar-refractivity contribution >= 4 is 46.5 Å². The Labute approximate surface area is 347 Å². The van der Waals surface area contributed by atoms with Crippen molar-refractivity contribution in [2.75, 3.05) is 46.3 Å². The number of nitrogens with zero attached hydrogens (tertiary/aromatic N) is 5. The van der Waals surface area contributed by atoms with Crippen LogP contribution in [-0.2, 0) is 28.8 Å². The van der Waals surface area contributed by atoms with Gasteiger partial charge in [0.15, 0.2) is 0 Å². The predicted molar refractivity (Wildman–Crippen MR) is 225 cm³/mol. The third kappa shape index (κ3) is 10.3. The van der Waals surface area contributed by atoms with Gasteiger partial charge in [0.2, 0.25) is 35.4 Å². The van der Waals surface area contributed by atoms with Gasteiger partial charge in [-0.2, -0.15) is 0 Å². The summed E-state index contributed by atoms with van der Waals surface area (Å²) in [6.45, 7) is 7.54.